The van der Waals surface area contributed by atoms with Crippen LogP contribution in [-0.2, 0) is 0 Å². The van der Waals surface area contributed by atoms with E-state index >= 15 is 0 Å². The average molecular weight is 182 g/mol. The topological polar surface area (TPSA) is 15.3 Å². The quantitative estimate of drug-likeness (QED) is 0.695. The van der Waals surface area contributed by atoms with Crippen molar-refractivity contribution in [1.82, 2.24) is 10.2 Å². The monoisotopic (exact) mass is 182 g/mol. The van der Waals surface area contributed by atoms with Crippen molar-refractivity contribution < 1.29 is 0 Å². The Kier molecular flexibility index (Phi) is 3.23. The zero-order valence-electron chi connectivity index (χ0n) is 8.76. The van der Waals surface area contributed by atoms with E-state index in [1.54, 1.807) is 0 Å². The molecule has 2 rings (SSSR count). The lowest BCUT2D eigenvalue weighted by atomic mass is 10.00. The predicted molar refractivity (Wildman–Crippen MR) is 55.9 cm³/mol. The van der Waals surface area contributed by atoms with Crippen LogP contribution in [0.15, 0.2) is 0 Å². The molecule has 0 aliphatic carbocycles. The first-order valence-corrected chi connectivity index (χ1v) is 5.80. The van der Waals surface area contributed by atoms with Gasteiger partial charge in [0.1, 0.15) is 0 Å². The third kappa shape index (κ3) is 2.68. The van der Waals surface area contributed by atoms with Crippen LogP contribution in [0.2, 0.25) is 0 Å². The Morgan fingerprint density at radius 3 is 2.92 bits per heavy atom. The first-order valence-electron chi connectivity index (χ1n) is 5.80. The van der Waals surface area contributed by atoms with Crippen LogP contribution in [0.25, 0.3) is 0 Å². The number of piperidine rings is 1. The molecule has 2 unspecified atom stereocenters. The highest BCUT2D eigenvalue weighted by molar-refractivity contribution is 4.80. The Bertz CT molecular complexity index is 152. The molecular weight excluding hydrogens is 160 g/mol. The second-order valence-electron chi connectivity index (χ2n) is 4.80. The third-order valence-corrected chi connectivity index (χ3v) is 3.38. The maximum absolute atomic E-state index is 3.58. The van der Waals surface area contributed by atoms with Gasteiger partial charge >= 0.3 is 0 Å². The van der Waals surface area contributed by atoms with Gasteiger partial charge in [-0.2, -0.15) is 0 Å². The second-order valence-corrected chi connectivity index (χ2v) is 4.80. The van der Waals surface area contributed by atoms with E-state index in [-0.39, 0.29) is 0 Å². The van der Waals surface area contributed by atoms with Crippen molar-refractivity contribution in [3.8, 4) is 0 Å². The molecule has 2 aliphatic rings. The molecule has 2 nitrogen and oxygen atoms in total. The van der Waals surface area contributed by atoms with Gasteiger partial charge in [0.05, 0.1) is 0 Å². The maximum Gasteiger partial charge on any atom is 0.0195 e. The summed E-state index contributed by atoms with van der Waals surface area (Å²) in [5, 5.41) is 3.58. The lowest BCUT2D eigenvalue weighted by Gasteiger charge is -2.32. The van der Waals surface area contributed by atoms with Crippen LogP contribution in [0.5, 0.6) is 0 Å². The molecule has 0 aromatic rings. The van der Waals surface area contributed by atoms with E-state index in [1.807, 2.05) is 0 Å². The Morgan fingerprint density at radius 2 is 2.23 bits per heavy atom. The molecule has 0 aromatic heterocycles. The zero-order valence-corrected chi connectivity index (χ0v) is 8.76. The largest absolute Gasteiger partial charge is 0.313 e. The molecule has 13 heavy (non-hydrogen) atoms. The van der Waals surface area contributed by atoms with Crippen LogP contribution in [0.4, 0.5) is 0 Å². The molecule has 2 aliphatic heterocycles. The summed E-state index contributed by atoms with van der Waals surface area (Å²) in [5.41, 5.74) is 0. The van der Waals surface area contributed by atoms with Crippen molar-refractivity contribution in [2.24, 2.45) is 5.92 Å². The van der Waals surface area contributed by atoms with Gasteiger partial charge in [-0.25, -0.2) is 0 Å². The highest BCUT2D eigenvalue weighted by atomic mass is 15.2. The molecule has 0 amide bonds. The van der Waals surface area contributed by atoms with Gasteiger partial charge in [0, 0.05) is 19.1 Å². The normalized spacial score (nSPS) is 36.7. The minimum atomic E-state index is 0.797. The van der Waals surface area contributed by atoms with Crippen LogP contribution >= 0.6 is 0 Å². The van der Waals surface area contributed by atoms with Gasteiger partial charge in [0.15, 0.2) is 0 Å². The van der Waals surface area contributed by atoms with Gasteiger partial charge in [-0.3, -0.25) is 0 Å². The average Bonchev–Trinajstić information content (AvgIpc) is 2.57. The molecule has 0 spiro atoms. The SMILES string of the molecule is CC1CCCN(CC2CCCN2)C1. The van der Waals surface area contributed by atoms with Crippen LogP contribution in [-0.4, -0.2) is 37.1 Å². The van der Waals surface area contributed by atoms with E-state index < -0.39 is 0 Å². The van der Waals surface area contributed by atoms with E-state index in [0.717, 1.165) is 12.0 Å². The highest BCUT2D eigenvalue weighted by Gasteiger charge is 2.21. The van der Waals surface area contributed by atoms with Crippen LogP contribution in [0.1, 0.15) is 32.6 Å². The molecule has 2 atom stereocenters. The summed E-state index contributed by atoms with van der Waals surface area (Å²) in [4.78, 5) is 2.65. The van der Waals surface area contributed by atoms with Crippen LogP contribution in [0, 0.1) is 5.92 Å². The lowest BCUT2D eigenvalue weighted by molar-refractivity contribution is 0.170. The van der Waals surface area contributed by atoms with Crippen molar-refractivity contribution in [3.63, 3.8) is 0 Å². The minimum absolute atomic E-state index is 0.797. The van der Waals surface area contributed by atoms with Gasteiger partial charge in [0.25, 0.3) is 0 Å². The molecule has 0 aromatic carbocycles. The summed E-state index contributed by atoms with van der Waals surface area (Å²) in [5.74, 6) is 0.926. The third-order valence-electron chi connectivity index (χ3n) is 3.38. The van der Waals surface area contributed by atoms with Gasteiger partial charge in [-0.1, -0.05) is 6.92 Å². The molecule has 2 heterocycles. The summed E-state index contributed by atoms with van der Waals surface area (Å²) >= 11 is 0. The number of nitrogens with one attached hydrogen (secondary N) is 1. The summed E-state index contributed by atoms with van der Waals surface area (Å²) < 4.78 is 0. The number of likely N-dealkylation sites (tertiary alicyclic amines) is 1. The van der Waals surface area contributed by atoms with E-state index in [0.29, 0.717) is 0 Å². The van der Waals surface area contributed by atoms with Gasteiger partial charge in [0.2, 0.25) is 0 Å². The Hall–Kier alpha value is -0.0800. The summed E-state index contributed by atoms with van der Waals surface area (Å²) in [6, 6.07) is 0.797. The zero-order chi connectivity index (χ0) is 9.10. The van der Waals surface area contributed by atoms with E-state index in [1.165, 1.54) is 51.9 Å². The smallest absolute Gasteiger partial charge is 0.0195 e. The van der Waals surface area contributed by atoms with E-state index in [2.05, 4.69) is 17.1 Å². The maximum atomic E-state index is 3.58. The summed E-state index contributed by atoms with van der Waals surface area (Å²) in [6.45, 7) is 7.59. The molecule has 2 saturated heterocycles. The van der Waals surface area contributed by atoms with Crippen molar-refractivity contribution >= 4 is 0 Å². The second kappa shape index (κ2) is 4.43. The van der Waals surface area contributed by atoms with Crippen molar-refractivity contribution in [1.29, 1.82) is 0 Å². The number of hydrogen-bond acceptors (Lipinski definition) is 2. The number of hydrogen-bond donors (Lipinski definition) is 1. The highest BCUT2D eigenvalue weighted by Crippen LogP contribution is 2.17. The molecule has 2 fully saturated rings. The number of rotatable bonds is 2. The van der Waals surface area contributed by atoms with Crippen molar-refractivity contribution in [2.45, 2.75) is 38.6 Å². The minimum Gasteiger partial charge on any atom is -0.313 e. The fourth-order valence-corrected chi connectivity index (χ4v) is 2.68. The van der Waals surface area contributed by atoms with E-state index in [4.69, 9.17) is 0 Å². The van der Waals surface area contributed by atoms with Crippen molar-refractivity contribution in [3.05, 3.63) is 0 Å². The van der Waals surface area contributed by atoms with Gasteiger partial charge < -0.3 is 10.2 Å². The first-order chi connectivity index (χ1) is 6.34. The lowest BCUT2D eigenvalue weighted by Crippen LogP contribution is -2.42. The van der Waals surface area contributed by atoms with Crippen LogP contribution < -0.4 is 5.32 Å². The molecule has 0 saturated carbocycles. The Balaban J connectivity index is 1.73. The fourth-order valence-electron chi connectivity index (χ4n) is 2.68. The Morgan fingerprint density at radius 1 is 1.31 bits per heavy atom. The molecule has 0 bridgehead atoms. The van der Waals surface area contributed by atoms with E-state index in [9.17, 15) is 0 Å². The first kappa shape index (κ1) is 9.47. The van der Waals surface area contributed by atoms with Gasteiger partial charge in [-0.15, -0.1) is 0 Å². The number of nitrogens with zero attached hydrogens (tertiary/aromatic N) is 1. The molecule has 0 radical (unpaired) electrons. The molecule has 1 N–H and O–H groups in total. The Labute approximate surface area is 81.7 Å². The fraction of sp³-hybridized carbons (Fsp3) is 1.00. The molecular formula is C11H22N2. The standard InChI is InChI=1S/C11H22N2/c1-10-4-3-7-13(8-10)9-11-5-2-6-12-11/h10-12H,2-9H2,1H3. The van der Waals surface area contributed by atoms with Gasteiger partial charge in [-0.05, 0) is 44.7 Å². The predicted octanol–water partition coefficient (Wildman–Crippen LogP) is 1.47. The summed E-state index contributed by atoms with van der Waals surface area (Å²) in [6.07, 6.45) is 5.63. The molecule has 76 valence electrons. The summed E-state index contributed by atoms with van der Waals surface area (Å²) in [7, 11) is 0. The van der Waals surface area contributed by atoms with Crippen LogP contribution in [0.3, 0.4) is 0 Å². The molecule has 2 heteroatoms. The van der Waals surface area contributed by atoms with Crippen molar-refractivity contribution in [2.75, 3.05) is 26.2 Å².